The molecule has 23 heavy (non-hydrogen) atoms. The molecule has 0 radical (unpaired) electrons. The van der Waals surface area contributed by atoms with Crippen molar-refractivity contribution in [2.45, 2.75) is 53.4 Å². The first-order valence-electron chi connectivity index (χ1n) is 7.77. The summed E-state index contributed by atoms with van der Waals surface area (Å²) in [6.07, 6.45) is 4.72. The van der Waals surface area contributed by atoms with Crippen LogP contribution in [0.15, 0.2) is 24.3 Å². The van der Waals surface area contributed by atoms with Gasteiger partial charge in [0.1, 0.15) is 0 Å². The fourth-order valence-electron chi connectivity index (χ4n) is 1.03. The van der Waals surface area contributed by atoms with Gasteiger partial charge in [-0.1, -0.05) is 56.9 Å². The van der Waals surface area contributed by atoms with Crippen LogP contribution in [0.4, 0.5) is 0 Å². The summed E-state index contributed by atoms with van der Waals surface area (Å²) in [5.41, 5.74) is 2.52. The molecule has 0 aromatic rings. The van der Waals surface area contributed by atoms with E-state index in [-0.39, 0.29) is 25.9 Å². The van der Waals surface area contributed by atoms with E-state index >= 15 is 0 Å². The smallest absolute Gasteiger partial charge is 1.00 e. The van der Waals surface area contributed by atoms with Gasteiger partial charge in [0.25, 0.3) is 0 Å². The molecule has 0 heterocycles. The number of alkyl halides is 4. The summed E-state index contributed by atoms with van der Waals surface area (Å²) in [6.45, 7) is 15.9. The average molecular weight is 508 g/mol. The summed E-state index contributed by atoms with van der Waals surface area (Å²) in [5, 5.41) is 2.05. The zero-order valence-electron chi connectivity index (χ0n) is 17.4. The second-order valence-corrected chi connectivity index (χ2v) is 7.98. The van der Waals surface area contributed by atoms with Gasteiger partial charge in [0, 0.05) is 22.4 Å². The van der Waals surface area contributed by atoms with Crippen LogP contribution < -0.4 is 0 Å². The molecule has 0 aliphatic heterocycles. The Morgan fingerprint density at radius 3 is 1.57 bits per heavy atom. The Labute approximate surface area is 191 Å². The van der Waals surface area contributed by atoms with Crippen LogP contribution in [0.2, 0.25) is 0 Å². The minimum atomic E-state index is 0. The monoisotopic (exact) mass is 504 g/mol. The minimum Gasteiger partial charge on any atom is -1.00 e. The van der Waals surface area contributed by atoms with Crippen LogP contribution >= 0.6 is 55.1 Å². The molecule has 5 heteroatoms. The first-order chi connectivity index (χ1) is 10.2. The van der Waals surface area contributed by atoms with Gasteiger partial charge >= 0.3 is 23.1 Å². The number of hydrogen-bond acceptors (Lipinski definition) is 0. The van der Waals surface area contributed by atoms with Crippen LogP contribution in [0.25, 0.3) is 0 Å². The Bertz CT molecular complexity index is 267. The van der Waals surface area contributed by atoms with Gasteiger partial charge < -0.3 is 2.85 Å². The van der Waals surface area contributed by atoms with Crippen molar-refractivity contribution in [1.29, 1.82) is 0 Å². The maximum atomic E-state index is 5.64. The Kier molecular flexibility index (Phi) is 36.7. The molecule has 0 aromatic heterocycles. The largest absolute Gasteiger partial charge is 2.00 e. The molecule has 2 unspecified atom stereocenters. The molecule has 0 spiro atoms. The summed E-state index contributed by atoms with van der Waals surface area (Å²) in [7, 11) is 0. The van der Waals surface area contributed by atoms with Gasteiger partial charge in [-0.3, -0.25) is 0 Å². The first-order valence-corrected chi connectivity index (χ1v) is 11.1. The Balaban J connectivity index is -0.0000000535. The van der Waals surface area contributed by atoms with Gasteiger partial charge in [-0.05, 0) is 51.4 Å². The molecule has 0 aliphatic rings. The second-order valence-electron chi connectivity index (χ2n) is 5.92. The summed E-state index contributed by atoms with van der Waals surface area (Å²) in [6, 6.07) is 0. The zero-order chi connectivity index (χ0) is 18.0. The van der Waals surface area contributed by atoms with Gasteiger partial charge in [-0.15, -0.1) is 36.4 Å². The molecule has 0 aliphatic carbocycles. The van der Waals surface area contributed by atoms with E-state index in [9.17, 15) is 0 Å². The normalized spacial score (nSPS) is 11.7. The third-order valence-electron chi connectivity index (χ3n) is 2.61. The minimum absolute atomic E-state index is 0. The van der Waals surface area contributed by atoms with Crippen molar-refractivity contribution >= 4 is 78.1 Å². The second kappa shape index (κ2) is 26.0. The summed E-state index contributed by atoms with van der Waals surface area (Å²) < 4.78 is 0. The van der Waals surface area contributed by atoms with E-state index in [1.807, 2.05) is 6.92 Å². The Morgan fingerprint density at radius 2 is 1.39 bits per heavy atom. The quantitative estimate of drug-likeness (QED) is 0.168. The molecule has 0 nitrogen and oxygen atoms in total. The molecule has 0 saturated carbocycles. The van der Waals surface area contributed by atoms with Gasteiger partial charge in [-0.2, -0.15) is 0 Å². The van der Waals surface area contributed by atoms with Crippen LogP contribution in [-0.2, 0) is 0 Å². The third-order valence-corrected chi connectivity index (χ3v) is 5.17. The van der Waals surface area contributed by atoms with Gasteiger partial charge in [-0.25, -0.2) is 0 Å². The predicted molar refractivity (Wildman–Crippen MR) is 123 cm³/mol. The van der Waals surface area contributed by atoms with E-state index in [1.165, 1.54) is 24.0 Å². The van der Waals surface area contributed by atoms with Crippen LogP contribution in [0.1, 0.15) is 56.2 Å². The molecule has 0 bridgehead atoms. The van der Waals surface area contributed by atoms with Crippen LogP contribution in [0.5, 0.6) is 0 Å². The molecule has 138 valence electrons. The SMILES string of the molecule is C=C(C)CCBr.C=C(C)CCCC(C)CCl.CC(CCl)CBr.[H-].[H-].[Mg+2]. The Morgan fingerprint density at radius 1 is 0.957 bits per heavy atom. The molecule has 2 atom stereocenters. The number of allylic oxidation sites excluding steroid dienone is 2. The van der Waals surface area contributed by atoms with Gasteiger partial charge in [0.05, 0.1) is 0 Å². The van der Waals surface area contributed by atoms with Crippen molar-refractivity contribution in [3.63, 3.8) is 0 Å². The van der Waals surface area contributed by atoms with E-state index in [0.717, 1.165) is 35.3 Å². The summed E-state index contributed by atoms with van der Waals surface area (Å²) in [4.78, 5) is 0. The number of rotatable bonds is 9. The van der Waals surface area contributed by atoms with Crippen LogP contribution in [-0.4, -0.2) is 45.5 Å². The van der Waals surface area contributed by atoms with E-state index < -0.39 is 0 Å². The molecule has 0 rings (SSSR count). The molecule has 0 fully saturated rings. The van der Waals surface area contributed by atoms with E-state index in [0.29, 0.717) is 11.8 Å². The standard InChI is InChI=1S/C9H17Cl.C5H9Br.C4H8BrCl.Mg.2H/c1-8(2)5-4-6-9(3)7-10;1-5(2)3-4-6;1-4(2-5)3-6;;;/h9H,1,4-7H2,2-3H3;1,3-4H2,2H3;4H,2-3H2,1H3;;;/q;;;+2;2*-1. The van der Waals surface area contributed by atoms with Crippen molar-refractivity contribution in [1.82, 2.24) is 0 Å². The van der Waals surface area contributed by atoms with Crippen molar-refractivity contribution in [3.05, 3.63) is 24.3 Å². The van der Waals surface area contributed by atoms with Crippen molar-refractivity contribution < 1.29 is 2.85 Å². The van der Waals surface area contributed by atoms with Gasteiger partial charge in [0.15, 0.2) is 0 Å². The fraction of sp³-hybridized carbons (Fsp3) is 0.778. The van der Waals surface area contributed by atoms with Crippen molar-refractivity contribution in [2.75, 3.05) is 22.4 Å². The maximum Gasteiger partial charge on any atom is 2.00 e. The van der Waals surface area contributed by atoms with E-state index in [2.05, 4.69) is 65.8 Å². The molecule has 0 aromatic carbocycles. The van der Waals surface area contributed by atoms with Gasteiger partial charge in [0.2, 0.25) is 0 Å². The fourth-order valence-corrected chi connectivity index (χ4v) is 2.46. The molecule has 0 amide bonds. The summed E-state index contributed by atoms with van der Waals surface area (Å²) >= 11 is 17.6. The number of halogens is 4. The topological polar surface area (TPSA) is 0 Å². The van der Waals surface area contributed by atoms with Crippen LogP contribution in [0.3, 0.4) is 0 Å². The predicted octanol–water partition coefficient (Wildman–Crippen LogP) is 8.06. The van der Waals surface area contributed by atoms with Crippen LogP contribution in [0, 0.1) is 11.8 Å². The first kappa shape index (κ1) is 32.5. The molecule has 0 N–H and O–H groups in total. The van der Waals surface area contributed by atoms with E-state index in [1.54, 1.807) is 0 Å². The zero-order valence-corrected chi connectivity index (χ0v) is 21.5. The van der Waals surface area contributed by atoms with E-state index in [4.69, 9.17) is 23.2 Å². The van der Waals surface area contributed by atoms with Crippen molar-refractivity contribution in [3.8, 4) is 0 Å². The number of hydrogen-bond donors (Lipinski definition) is 0. The molecular formula is C18H36Br2Cl2Mg. The summed E-state index contributed by atoms with van der Waals surface area (Å²) in [5.74, 6) is 2.83. The molecular weight excluding hydrogens is 471 g/mol. The molecule has 0 saturated heterocycles. The Hall–Kier alpha value is 1.79. The third kappa shape index (κ3) is 40.1. The maximum absolute atomic E-state index is 5.64. The average Bonchev–Trinajstić information content (AvgIpc) is 2.46. The van der Waals surface area contributed by atoms with Crippen molar-refractivity contribution in [2.24, 2.45) is 11.8 Å².